The molecule has 0 saturated carbocycles. The van der Waals surface area contributed by atoms with Gasteiger partial charge in [-0.05, 0) is 42.8 Å². The Balaban J connectivity index is 1.75. The van der Waals surface area contributed by atoms with Gasteiger partial charge >= 0.3 is 0 Å². The van der Waals surface area contributed by atoms with E-state index in [2.05, 4.69) is 15.5 Å². The van der Waals surface area contributed by atoms with Gasteiger partial charge in [0, 0.05) is 21.5 Å². The van der Waals surface area contributed by atoms with E-state index in [1.54, 1.807) is 12.1 Å². The predicted octanol–water partition coefficient (Wildman–Crippen LogP) is 5.51. The molecule has 0 atom stereocenters. The van der Waals surface area contributed by atoms with E-state index in [9.17, 15) is 15.0 Å². The second-order valence-corrected chi connectivity index (χ2v) is 7.51. The number of fused-ring (bicyclic) bond motifs is 1. The summed E-state index contributed by atoms with van der Waals surface area (Å²) >= 11 is 6.35. The molecule has 0 unspecified atom stereocenters. The van der Waals surface area contributed by atoms with Crippen molar-refractivity contribution in [3.63, 3.8) is 0 Å². The van der Waals surface area contributed by atoms with E-state index in [1.807, 2.05) is 49.4 Å². The molecule has 160 valence electrons. The monoisotopic (exact) mass is 445 g/mol. The van der Waals surface area contributed by atoms with Crippen LogP contribution in [-0.2, 0) is 0 Å². The van der Waals surface area contributed by atoms with Gasteiger partial charge in [-0.25, -0.2) is 10.4 Å². The zero-order valence-corrected chi connectivity index (χ0v) is 18.0. The molecule has 0 saturated heterocycles. The highest BCUT2D eigenvalue weighted by Gasteiger charge is 2.16. The van der Waals surface area contributed by atoms with Crippen molar-refractivity contribution in [3.8, 4) is 22.8 Å². The van der Waals surface area contributed by atoms with Gasteiger partial charge in [0.15, 0.2) is 0 Å². The molecule has 0 radical (unpaired) electrons. The maximum absolute atomic E-state index is 13.1. The number of benzene rings is 3. The molecule has 0 spiro atoms. The lowest BCUT2D eigenvalue weighted by atomic mass is 10.0. The first-order valence-corrected chi connectivity index (χ1v) is 10.4. The van der Waals surface area contributed by atoms with Crippen molar-refractivity contribution in [1.82, 2.24) is 10.4 Å². The van der Waals surface area contributed by atoms with E-state index >= 15 is 0 Å². The molecule has 4 rings (SSSR count). The van der Waals surface area contributed by atoms with Gasteiger partial charge in [0.05, 0.1) is 22.5 Å². The van der Waals surface area contributed by atoms with Gasteiger partial charge < -0.3 is 10.2 Å². The van der Waals surface area contributed by atoms with E-state index in [0.29, 0.717) is 44.9 Å². The molecule has 1 amide bonds. The minimum absolute atomic E-state index is 0.00483. The first kappa shape index (κ1) is 21.3. The Morgan fingerprint density at radius 1 is 1.00 bits per heavy atom. The third-order valence-corrected chi connectivity index (χ3v) is 5.36. The Hall–Kier alpha value is -3.90. The number of phenolic OH excluding ortho intramolecular Hbond substituents is 2. The quantitative estimate of drug-likeness (QED) is 0.214. The standard InChI is InChI=1S/C25H20ClN3O3/c1-2-21(19-13-15(30)11-12-24(19)31)28-29-25(32)18-14-23(17-8-3-5-9-20(17)26)27-22-10-6-4-7-16(18)22/h3-14,30-31H,2H2,1H3,(H,29,32)/b28-21+. The van der Waals surface area contributed by atoms with E-state index < -0.39 is 5.91 Å². The number of rotatable bonds is 5. The highest BCUT2D eigenvalue weighted by molar-refractivity contribution is 6.33. The summed E-state index contributed by atoms with van der Waals surface area (Å²) < 4.78 is 0. The van der Waals surface area contributed by atoms with E-state index in [1.165, 1.54) is 18.2 Å². The van der Waals surface area contributed by atoms with Crippen LogP contribution < -0.4 is 5.43 Å². The van der Waals surface area contributed by atoms with E-state index in [4.69, 9.17) is 11.6 Å². The van der Waals surface area contributed by atoms with Crippen LogP contribution in [0.25, 0.3) is 22.2 Å². The van der Waals surface area contributed by atoms with Gasteiger partial charge in [0.2, 0.25) is 0 Å². The van der Waals surface area contributed by atoms with Crippen LogP contribution in [0.15, 0.2) is 77.9 Å². The molecule has 1 heterocycles. The molecule has 0 aliphatic carbocycles. The second kappa shape index (κ2) is 9.08. The van der Waals surface area contributed by atoms with E-state index in [0.717, 1.165) is 5.56 Å². The number of nitrogens with one attached hydrogen (secondary N) is 1. The summed E-state index contributed by atoms with van der Waals surface area (Å²) in [6, 6.07) is 20.5. The number of halogens is 1. The number of hydrazone groups is 1. The van der Waals surface area contributed by atoms with Gasteiger partial charge in [0.25, 0.3) is 5.91 Å². The summed E-state index contributed by atoms with van der Waals surface area (Å²) in [4.78, 5) is 17.8. The minimum atomic E-state index is -0.428. The molecule has 7 heteroatoms. The van der Waals surface area contributed by atoms with Crippen molar-refractivity contribution in [2.24, 2.45) is 5.10 Å². The molecular formula is C25H20ClN3O3. The molecular weight excluding hydrogens is 426 g/mol. The molecule has 1 aromatic heterocycles. The first-order chi connectivity index (χ1) is 15.5. The van der Waals surface area contributed by atoms with Crippen molar-refractivity contribution in [2.75, 3.05) is 0 Å². The third-order valence-electron chi connectivity index (χ3n) is 5.03. The number of carbonyl (C=O) groups excluding carboxylic acids is 1. The highest BCUT2D eigenvalue weighted by atomic mass is 35.5. The maximum Gasteiger partial charge on any atom is 0.272 e. The molecule has 0 aliphatic heterocycles. The number of hydrogen-bond acceptors (Lipinski definition) is 5. The van der Waals surface area contributed by atoms with Gasteiger partial charge in [-0.1, -0.05) is 54.9 Å². The molecule has 0 fully saturated rings. The fraction of sp³-hybridized carbons (Fsp3) is 0.0800. The van der Waals surface area contributed by atoms with Crippen molar-refractivity contribution in [3.05, 3.63) is 88.9 Å². The molecule has 3 N–H and O–H groups in total. The molecule has 4 aromatic rings. The number of aromatic nitrogens is 1. The number of aromatic hydroxyl groups is 2. The second-order valence-electron chi connectivity index (χ2n) is 7.11. The van der Waals surface area contributed by atoms with Crippen LogP contribution in [0.5, 0.6) is 11.5 Å². The van der Waals surface area contributed by atoms with Gasteiger partial charge in [-0.2, -0.15) is 5.10 Å². The largest absolute Gasteiger partial charge is 0.508 e. The van der Waals surface area contributed by atoms with Crippen molar-refractivity contribution < 1.29 is 15.0 Å². The van der Waals surface area contributed by atoms with Crippen LogP contribution >= 0.6 is 11.6 Å². The minimum Gasteiger partial charge on any atom is -0.508 e. The number of nitrogens with zero attached hydrogens (tertiary/aromatic N) is 2. The zero-order chi connectivity index (χ0) is 22.7. The number of carbonyl (C=O) groups is 1. The van der Waals surface area contributed by atoms with Crippen molar-refractivity contribution in [2.45, 2.75) is 13.3 Å². The molecule has 32 heavy (non-hydrogen) atoms. The number of phenols is 2. The molecule has 0 aliphatic rings. The third kappa shape index (κ3) is 4.26. The number of para-hydroxylation sites is 1. The van der Waals surface area contributed by atoms with Crippen LogP contribution in [0.4, 0.5) is 0 Å². The smallest absolute Gasteiger partial charge is 0.272 e. The lowest BCUT2D eigenvalue weighted by molar-refractivity contribution is 0.0956. The van der Waals surface area contributed by atoms with Gasteiger partial charge in [-0.15, -0.1) is 0 Å². The van der Waals surface area contributed by atoms with Crippen molar-refractivity contribution >= 4 is 34.1 Å². The Labute approximate surface area is 189 Å². The maximum atomic E-state index is 13.1. The van der Waals surface area contributed by atoms with Gasteiger partial charge in [0.1, 0.15) is 11.5 Å². The van der Waals surface area contributed by atoms with Crippen LogP contribution in [0.2, 0.25) is 5.02 Å². The summed E-state index contributed by atoms with van der Waals surface area (Å²) in [6.45, 7) is 1.84. The average molecular weight is 446 g/mol. The first-order valence-electron chi connectivity index (χ1n) is 10.0. The summed E-state index contributed by atoms with van der Waals surface area (Å²) in [5.74, 6) is -0.467. The Bertz CT molecular complexity index is 1350. The molecule has 0 bridgehead atoms. The fourth-order valence-corrected chi connectivity index (χ4v) is 3.67. The normalized spacial score (nSPS) is 11.5. The number of pyridine rings is 1. The van der Waals surface area contributed by atoms with Crippen LogP contribution in [0.1, 0.15) is 29.3 Å². The van der Waals surface area contributed by atoms with Gasteiger partial charge in [-0.3, -0.25) is 4.79 Å². The van der Waals surface area contributed by atoms with Crippen molar-refractivity contribution in [1.29, 1.82) is 0 Å². The fourth-order valence-electron chi connectivity index (χ4n) is 3.43. The van der Waals surface area contributed by atoms with Crippen LogP contribution in [0.3, 0.4) is 0 Å². The average Bonchev–Trinajstić information content (AvgIpc) is 2.81. The summed E-state index contributed by atoms with van der Waals surface area (Å²) in [5, 5.41) is 25.3. The Kier molecular flexibility index (Phi) is 6.05. The Morgan fingerprint density at radius 3 is 2.53 bits per heavy atom. The predicted molar refractivity (Wildman–Crippen MR) is 126 cm³/mol. The molecule has 3 aromatic carbocycles. The SMILES string of the molecule is CC/C(=N\NC(=O)c1cc(-c2ccccc2Cl)nc2ccccc12)c1cc(O)ccc1O. The number of hydrogen-bond donors (Lipinski definition) is 3. The van der Waals surface area contributed by atoms with Crippen LogP contribution in [0, 0.1) is 0 Å². The Morgan fingerprint density at radius 2 is 1.75 bits per heavy atom. The summed E-state index contributed by atoms with van der Waals surface area (Å²) in [7, 11) is 0. The number of amides is 1. The zero-order valence-electron chi connectivity index (χ0n) is 17.2. The lowest BCUT2D eigenvalue weighted by Crippen LogP contribution is -2.20. The summed E-state index contributed by atoms with van der Waals surface area (Å²) in [6.07, 6.45) is 0.430. The van der Waals surface area contributed by atoms with Crippen LogP contribution in [-0.4, -0.2) is 26.8 Å². The summed E-state index contributed by atoms with van der Waals surface area (Å²) in [5.41, 5.74) is 5.69. The van der Waals surface area contributed by atoms with E-state index in [-0.39, 0.29) is 11.5 Å². The topological polar surface area (TPSA) is 94.8 Å². The molecule has 6 nitrogen and oxygen atoms in total. The lowest BCUT2D eigenvalue weighted by Gasteiger charge is -2.11. The highest BCUT2D eigenvalue weighted by Crippen LogP contribution is 2.30.